The minimum absolute atomic E-state index is 0.311. The van der Waals surface area contributed by atoms with Crippen LogP contribution >= 0.6 is 11.6 Å². The summed E-state index contributed by atoms with van der Waals surface area (Å²) in [5, 5.41) is 10.8. The standard InChI is InChI=1S/C13H17ClO2/c1-8(9-3-4-9)13(15)10-5-6-11(14)12(7-10)16-2/h5-9,13,15H,3-4H2,1-2H3. The summed E-state index contributed by atoms with van der Waals surface area (Å²) >= 11 is 5.95. The van der Waals surface area contributed by atoms with Crippen LogP contribution in [0.2, 0.25) is 5.02 Å². The van der Waals surface area contributed by atoms with Gasteiger partial charge in [0.15, 0.2) is 0 Å². The number of ether oxygens (including phenoxy) is 1. The third-order valence-electron chi connectivity index (χ3n) is 3.38. The van der Waals surface area contributed by atoms with Crippen molar-refractivity contribution in [3.8, 4) is 5.75 Å². The van der Waals surface area contributed by atoms with E-state index in [1.54, 1.807) is 13.2 Å². The van der Waals surface area contributed by atoms with Crippen LogP contribution in [-0.4, -0.2) is 12.2 Å². The largest absolute Gasteiger partial charge is 0.495 e. The van der Waals surface area contributed by atoms with Crippen molar-refractivity contribution in [1.29, 1.82) is 0 Å². The number of aliphatic hydroxyl groups excluding tert-OH is 1. The van der Waals surface area contributed by atoms with Crippen molar-refractivity contribution in [1.82, 2.24) is 0 Å². The Kier molecular flexibility index (Phi) is 3.41. The maximum atomic E-state index is 10.2. The van der Waals surface area contributed by atoms with Crippen molar-refractivity contribution in [2.24, 2.45) is 11.8 Å². The van der Waals surface area contributed by atoms with E-state index in [4.69, 9.17) is 16.3 Å². The second kappa shape index (κ2) is 4.64. The van der Waals surface area contributed by atoms with E-state index in [0.29, 0.717) is 22.6 Å². The Balaban J connectivity index is 2.18. The van der Waals surface area contributed by atoms with Crippen LogP contribution < -0.4 is 4.74 Å². The lowest BCUT2D eigenvalue weighted by molar-refractivity contribution is 0.105. The molecule has 1 aromatic carbocycles. The number of rotatable bonds is 4. The Morgan fingerprint density at radius 1 is 1.44 bits per heavy atom. The molecule has 1 saturated carbocycles. The predicted octanol–water partition coefficient (Wildman–Crippen LogP) is 3.43. The summed E-state index contributed by atoms with van der Waals surface area (Å²) in [5.41, 5.74) is 0.889. The Morgan fingerprint density at radius 3 is 2.69 bits per heavy atom. The van der Waals surface area contributed by atoms with E-state index in [2.05, 4.69) is 6.92 Å². The molecule has 2 unspecified atom stereocenters. The molecule has 1 aliphatic rings. The Hall–Kier alpha value is -0.730. The van der Waals surface area contributed by atoms with Crippen molar-refractivity contribution in [3.63, 3.8) is 0 Å². The maximum absolute atomic E-state index is 10.2. The first-order valence-electron chi connectivity index (χ1n) is 5.65. The van der Waals surface area contributed by atoms with Gasteiger partial charge in [-0.05, 0) is 42.4 Å². The van der Waals surface area contributed by atoms with Gasteiger partial charge in [0, 0.05) is 0 Å². The lowest BCUT2D eigenvalue weighted by atomic mass is 9.93. The van der Waals surface area contributed by atoms with Crippen LogP contribution in [-0.2, 0) is 0 Å². The molecule has 0 bridgehead atoms. The number of halogens is 1. The molecule has 0 aliphatic heterocycles. The van der Waals surface area contributed by atoms with Crippen LogP contribution in [0.25, 0.3) is 0 Å². The molecule has 1 N–H and O–H groups in total. The molecule has 1 fully saturated rings. The van der Waals surface area contributed by atoms with E-state index in [1.807, 2.05) is 12.1 Å². The van der Waals surface area contributed by atoms with E-state index in [1.165, 1.54) is 12.8 Å². The smallest absolute Gasteiger partial charge is 0.137 e. The molecule has 1 aliphatic carbocycles. The monoisotopic (exact) mass is 240 g/mol. The fourth-order valence-corrected chi connectivity index (χ4v) is 2.24. The molecule has 88 valence electrons. The topological polar surface area (TPSA) is 29.5 Å². The van der Waals surface area contributed by atoms with Gasteiger partial charge in [-0.1, -0.05) is 24.6 Å². The fraction of sp³-hybridized carbons (Fsp3) is 0.538. The zero-order valence-electron chi connectivity index (χ0n) is 9.61. The van der Waals surface area contributed by atoms with Crippen LogP contribution in [0.4, 0.5) is 0 Å². The van der Waals surface area contributed by atoms with Gasteiger partial charge < -0.3 is 9.84 Å². The summed E-state index contributed by atoms with van der Waals surface area (Å²) in [5.74, 6) is 1.61. The summed E-state index contributed by atoms with van der Waals surface area (Å²) in [6.07, 6.45) is 2.06. The number of hydrogen-bond donors (Lipinski definition) is 1. The highest BCUT2D eigenvalue weighted by Crippen LogP contribution is 2.43. The minimum atomic E-state index is -0.418. The Morgan fingerprint density at radius 2 is 2.12 bits per heavy atom. The molecule has 16 heavy (non-hydrogen) atoms. The molecule has 1 aromatic rings. The molecule has 2 rings (SSSR count). The van der Waals surface area contributed by atoms with Crippen molar-refractivity contribution < 1.29 is 9.84 Å². The summed E-state index contributed by atoms with van der Waals surface area (Å²) in [6.45, 7) is 2.10. The highest BCUT2D eigenvalue weighted by molar-refractivity contribution is 6.32. The van der Waals surface area contributed by atoms with Gasteiger partial charge in [-0.3, -0.25) is 0 Å². The van der Waals surface area contributed by atoms with Crippen molar-refractivity contribution in [2.75, 3.05) is 7.11 Å². The molecule has 0 radical (unpaired) electrons. The lowest BCUT2D eigenvalue weighted by Crippen LogP contribution is -2.11. The number of aliphatic hydroxyl groups is 1. The van der Waals surface area contributed by atoms with Crippen LogP contribution in [0.3, 0.4) is 0 Å². The minimum Gasteiger partial charge on any atom is -0.495 e. The first-order chi connectivity index (χ1) is 7.63. The van der Waals surface area contributed by atoms with Crippen LogP contribution in [0.5, 0.6) is 5.75 Å². The number of benzene rings is 1. The molecular formula is C13H17ClO2. The summed E-state index contributed by atoms with van der Waals surface area (Å²) in [7, 11) is 1.59. The van der Waals surface area contributed by atoms with Gasteiger partial charge in [-0.2, -0.15) is 0 Å². The van der Waals surface area contributed by atoms with Crippen molar-refractivity contribution in [3.05, 3.63) is 28.8 Å². The van der Waals surface area contributed by atoms with Crippen molar-refractivity contribution in [2.45, 2.75) is 25.9 Å². The van der Waals surface area contributed by atoms with Gasteiger partial charge in [0.2, 0.25) is 0 Å². The summed E-state index contributed by atoms with van der Waals surface area (Å²) in [6, 6.07) is 5.47. The normalized spacial score (nSPS) is 19.2. The Labute approximate surface area is 101 Å². The molecule has 0 aromatic heterocycles. The molecule has 0 amide bonds. The van der Waals surface area contributed by atoms with Gasteiger partial charge in [-0.15, -0.1) is 0 Å². The highest BCUT2D eigenvalue weighted by atomic mass is 35.5. The van der Waals surface area contributed by atoms with Gasteiger partial charge in [0.05, 0.1) is 18.2 Å². The van der Waals surface area contributed by atoms with E-state index < -0.39 is 6.10 Å². The van der Waals surface area contributed by atoms with E-state index >= 15 is 0 Å². The van der Waals surface area contributed by atoms with Gasteiger partial charge in [0.1, 0.15) is 5.75 Å². The molecule has 3 heteroatoms. The SMILES string of the molecule is COc1cc(C(O)C(C)C2CC2)ccc1Cl. The lowest BCUT2D eigenvalue weighted by Gasteiger charge is -2.19. The van der Waals surface area contributed by atoms with Gasteiger partial charge in [0.25, 0.3) is 0 Å². The first-order valence-corrected chi connectivity index (χ1v) is 6.02. The molecule has 2 nitrogen and oxygen atoms in total. The molecule has 0 saturated heterocycles. The third-order valence-corrected chi connectivity index (χ3v) is 3.69. The quantitative estimate of drug-likeness (QED) is 0.874. The molecule has 0 spiro atoms. The van der Waals surface area contributed by atoms with E-state index in [0.717, 1.165) is 5.56 Å². The van der Waals surface area contributed by atoms with Crippen LogP contribution in [0, 0.1) is 11.8 Å². The molecule has 2 atom stereocenters. The predicted molar refractivity (Wildman–Crippen MR) is 64.9 cm³/mol. The zero-order chi connectivity index (χ0) is 11.7. The van der Waals surface area contributed by atoms with Crippen LogP contribution in [0.1, 0.15) is 31.4 Å². The van der Waals surface area contributed by atoms with Gasteiger partial charge >= 0.3 is 0 Å². The van der Waals surface area contributed by atoms with Crippen molar-refractivity contribution >= 4 is 11.6 Å². The second-order valence-electron chi connectivity index (χ2n) is 4.54. The second-order valence-corrected chi connectivity index (χ2v) is 4.94. The average molecular weight is 241 g/mol. The number of methoxy groups -OCH3 is 1. The molecular weight excluding hydrogens is 224 g/mol. The average Bonchev–Trinajstić information content (AvgIpc) is 3.11. The number of hydrogen-bond acceptors (Lipinski definition) is 2. The molecule has 0 heterocycles. The van der Waals surface area contributed by atoms with E-state index in [-0.39, 0.29) is 0 Å². The zero-order valence-corrected chi connectivity index (χ0v) is 10.4. The van der Waals surface area contributed by atoms with E-state index in [9.17, 15) is 5.11 Å². The third kappa shape index (κ3) is 2.33. The summed E-state index contributed by atoms with van der Waals surface area (Å²) in [4.78, 5) is 0. The van der Waals surface area contributed by atoms with Crippen LogP contribution in [0.15, 0.2) is 18.2 Å². The highest BCUT2D eigenvalue weighted by Gasteiger charge is 2.33. The maximum Gasteiger partial charge on any atom is 0.137 e. The Bertz CT molecular complexity index is 374. The fourth-order valence-electron chi connectivity index (χ4n) is 2.04. The first kappa shape index (κ1) is 11.7. The summed E-state index contributed by atoms with van der Waals surface area (Å²) < 4.78 is 5.15. The van der Waals surface area contributed by atoms with Gasteiger partial charge in [-0.25, -0.2) is 0 Å².